The van der Waals surface area contributed by atoms with E-state index in [0.717, 1.165) is 10.5 Å². The van der Waals surface area contributed by atoms with Gasteiger partial charge in [0.25, 0.3) is 5.91 Å². The van der Waals surface area contributed by atoms with Gasteiger partial charge in [0, 0.05) is 0 Å². The third-order valence-corrected chi connectivity index (χ3v) is 3.86. The summed E-state index contributed by atoms with van der Waals surface area (Å²) in [6, 6.07) is 5.53. The van der Waals surface area contributed by atoms with Crippen LogP contribution in [0.15, 0.2) is 34.7 Å². The highest BCUT2D eigenvalue weighted by atomic mass is 16.5. The van der Waals surface area contributed by atoms with E-state index in [1.165, 1.54) is 0 Å². The average molecular weight is 330 g/mol. The fourth-order valence-corrected chi connectivity index (χ4v) is 2.85. The Hall–Kier alpha value is -3.10. The van der Waals surface area contributed by atoms with Crippen LogP contribution in [0.3, 0.4) is 0 Å². The van der Waals surface area contributed by atoms with Crippen LogP contribution < -0.4 is 4.90 Å². The van der Waals surface area contributed by atoms with Crippen molar-refractivity contribution in [3.05, 3.63) is 34.7 Å². The van der Waals surface area contributed by atoms with Gasteiger partial charge in [-0.1, -0.05) is 12.1 Å². The summed E-state index contributed by atoms with van der Waals surface area (Å²) in [5.74, 6) is -3.33. The molecule has 24 heavy (non-hydrogen) atoms. The summed E-state index contributed by atoms with van der Waals surface area (Å²) in [5.41, 5.74) is 0.943. The summed E-state index contributed by atoms with van der Waals surface area (Å²) in [4.78, 5) is 49.3. The Balaban J connectivity index is 2.02. The molecule has 3 rings (SSSR count). The van der Waals surface area contributed by atoms with Gasteiger partial charge in [0.1, 0.15) is 5.92 Å². The molecule has 2 aliphatic heterocycles. The minimum Gasteiger partial charge on any atom is -0.461 e. The molecule has 1 fully saturated rings. The van der Waals surface area contributed by atoms with E-state index in [1.807, 2.05) is 13.0 Å². The molecule has 2 aliphatic rings. The zero-order valence-electron chi connectivity index (χ0n) is 13.0. The predicted molar refractivity (Wildman–Crippen MR) is 82.7 cm³/mol. The van der Waals surface area contributed by atoms with Crippen molar-refractivity contribution >= 4 is 29.2 Å². The van der Waals surface area contributed by atoms with E-state index in [-0.39, 0.29) is 12.3 Å². The molecule has 0 saturated carbocycles. The van der Waals surface area contributed by atoms with E-state index in [1.54, 1.807) is 25.1 Å². The maximum Gasteiger partial charge on any atom is 0.355 e. The molecule has 0 N–H and O–H groups in total. The fourth-order valence-electron chi connectivity index (χ4n) is 2.85. The van der Waals surface area contributed by atoms with Gasteiger partial charge in [-0.3, -0.25) is 9.59 Å². The van der Waals surface area contributed by atoms with E-state index in [9.17, 15) is 19.3 Å². The number of anilines is 1. The second-order valence-corrected chi connectivity index (χ2v) is 5.38. The van der Waals surface area contributed by atoms with Crippen LogP contribution in [0.25, 0.3) is 0 Å². The van der Waals surface area contributed by atoms with Crippen LogP contribution in [0, 0.1) is 17.7 Å². The van der Waals surface area contributed by atoms with Crippen molar-refractivity contribution in [3.63, 3.8) is 0 Å². The first-order chi connectivity index (χ1) is 11.5. The SMILES string of the molecule is CCOC(=O)C1=NN(N=O)C2C(=O)N(c3cccc(C)c3)C(=O)C12. The zero-order valence-corrected chi connectivity index (χ0v) is 13.0. The number of amides is 2. The number of carbonyl (C=O) groups excluding carboxylic acids is 3. The molecule has 0 bridgehead atoms. The van der Waals surface area contributed by atoms with E-state index >= 15 is 0 Å². The lowest BCUT2D eigenvalue weighted by Gasteiger charge is -2.17. The highest BCUT2D eigenvalue weighted by Gasteiger charge is 2.59. The molecular weight excluding hydrogens is 316 g/mol. The average Bonchev–Trinajstić information content (AvgIpc) is 3.05. The van der Waals surface area contributed by atoms with Gasteiger partial charge >= 0.3 is 5.97 Å². The second-order valence-electron chi connectivity index (χ2n) is 5.38. The van der Waals surface area contributed by atoms with Crippen molar-refractivity contribution in [1.29, 1.82) is 0 Å². The number of nitroso groups, excluding NO2 is 1. The van der Waals surface area contributed by atoms with Crippen LogP contribution in [-0.2, 0) is 19.1 Å². The molecule has 0 spiro atoms. The summed E-state index contributed by atoms with van der Waals surface area (Å²) < 4.78 is 4.85. The van der Waals surface area contributed by atoms with Crippen LogP contribution in [0.2, 0.25) is 0 Å². The number of fused-ring (bicyclic) bond motifs is 1. The van der Waals surface area contributed by atoms with E-state index in [4.69, 9.17) is 4.74 Å². The van der Waals surface area contributed by atoms with Crippen molar-refractivity contribution < 1.29 is 19.1 Å². The normalized spacial score (nSPS) is 22.5. The van der Waals surface area contributed by atoms with Gasteiger partial charge in [0.15, 0.2) is 11.8 Å². The maximum atomic E-state index is 12.7. The highest BCUT2D eigenvalue weighted by Crippen LogP contribution is 2.35. The molecule has 124 valence electrons. The van der Waals surface area contributed by atoms with E-state index in [0.29, 0.717) is 10.8 Å². The number of imide groups is 1. The quantitative estimate of drug-likeness (QED) is 0.458. The first-order valence-electron chi connectivity index (χ1n) is 7.32. The second kappa shape index (κ2) is 5.84. The molecule has 9 heteroatoms. The van der Waals surface area contributed by atoms with Gasteiger partial charge in [0.2, 0.25) is 5.91 Å². The number of nitrogens with zero attached hydrogens (tertiary/aromatic N) is 4. The Labute approximate surface area is 136 Å². The van der Waals surface area contributed by atoms with Gasteiger partial charge in [-0.25, -0.2) is 9.69 Å². The largest absolute Gasteiger partial charge is 0.461 e. The Bertz CT molecular complexity index is 775. The lowest BCUT2D eigenvalue weighted by molar-refractivity contribution is -0.136. The fraction of sp³-hybridized carbons (Fsp3) is 0.333. The molecule has 2 unspecified atom stereocenters. The Morgan fingerprint density at radius 2 is 2.08 bits per heavy atom. The summed E-state index contributed by atoms with van der Waals surface area (Å²) in [5, 5.41) is 6.89. The van der Waals surface area contributed by atoms with Crippen molar-refractivity contribution in [2.24, 2.45) is 16.3 Å². The first kappa shape index (κ1) is 15.8. The number of rotatable bonds is 4. The zero-order chi connectivity index (χ0) is 17.4. The Kier molecular flexibility index (Phi) is 3.84. The minimum absolute atomic E-state index is 0.0769. The number of hydrogen-bond donors (Lipinski definition) is 0. The van der Waals surface area contributed by atoms with Crippen molar-refractivity contribution in [1.82, 2.24) is 5.12 Å². The molecule has 2 amide bonds. The molecule has 1 aromatic carbocycles. The smallest absolute Gasteiger partial charge is 0.355 e. The Morgan fingerprint density at radius 1 is 1.33 bits per heavy atom. The van der Waals surface area contributed by atoms with Gasteiger partial charge < -0.3 is 4.74 Å². The molecule has 0 aromatic heterocycles. The van der Waals surface area contributed by atoms with Crippen molar-refractivity contribution in [2.75, 3.05) is 11.5 Å². The number of carbonyl (C=O) groups is 3. The lowest BCUT2D eigenvalue weighted by atomic mass is 9.98. The molecular formula is C15H14N4O5. The number of benzene rings is 1. The standard InChI is InChI=1S/C15H14N4O5/c1-3-24-15(22)11-10-12(19(16-11)17-23)14(21)18(13(10)20)9-6-4-5-8(2)7-9/h4-7,10,12H,3H2,1-2H3. The van der Waals surface area contributed by atoms with Gasteiger partial charge in [-0.2, -0.15) is 0 Å². The molecule has 1 aromatic rings. The van der Waals surface area contributed by atoms with Gasteiger partial charge in [0.05, 0.1) is 17.6 Å². The molecule has 1 saturated heterocycles. The number of esters is 1. The van der Waals surface area contributed by atoms with E-state index in [2.05, 4.69) is 10.4 Å². The predicted octanol–water partition coefficient (Wildman–Crippen LogP) is 0.769. The Morgan fingerprint density at radius 3 is 2.71 bits per heavy atom. The summed E-state index contributed by atoms with van der Waals surface area (Å²) in [6.07, 6.45) is 0. The summed E-state index contributed by atoms with van der Waals surface area (Å²) in [6.45, 7) is 3.49. The van der Waals surface area contributed by atoms with Crippen LogP contribution >= 0.6 is 0 Å². The minimum atomic E-state index is -1.25. The van der Waals surface area contributed by atoms with E-state index < -0.39 is 29.7 Å². The van der Waals surface area contributed by atoms with Crippen LogP contribution in [0.1, 0.15) is 12.5 Å². The number of aryl methyl sites for hydroxylation is 1. The summed E-state index contributed by atoms with van der Waals surface area (Å²) in [7, 11) is 0. The molecule has 0 radical (unpaired) electrons. The van der Waals surface area contributed by atoms with Crippen LogP contribution in [0.5, 0.6) is 0 Å². The van der Waals surface area contributed by atoms with Gasteiger partial charge in [-0.15, -0.1) is 15.1 Å². The first-order valence-corrected chi connectivity index (χ1v) is 7.32. The molecule has 0 aliphatic carbocycles. The number of ether oxygens (including phenoxy) is 1. The van der Waals surface area contributed by atoms with Crippen molar-refractivity contribution in [3.8, 4) is 0 Å². The molecule has 9 nitrogen and oxygen atoms in total. The number of hydrogen-bond acceptors (Lipinski definition) is 7. The van der Waals surface area contributed by atoms with Crippen LogP contribution in [-0.4, -0.2) is 41.3 Å². The lowest BCUT2D eigenvalue weighted by Crippen LogP contribution is -2.36. The van der Waals surface area contributed by atoms with Gasteiger partial charge in [-0.05, 0) is 31.5 Å². The topological polar surface area (TPSA) is 109 Å². The number of hydrazone groups is 1. The maximum absolute atomic E-state index is 12.7. The third-order valence-electron chi connectivity index (χ3n) is 3.86. The van der Waals surface area contributed by atoms with Crippen LogP contribution in [0.4, 0.5) is 5.69 Å². The monoisotopic (exact) mass is 330 g/mol. The summed E-state index contributed by atoms with van der Waals surface area (Å²) >= 11 is 0. The molecule has 2 heterocycles. The molecule has 2 atom stereocenters. The van der Waals surface area contributed by atoms with Crippen molar-refractivity contribution in [2.45, 2.75) is 19.9 Å². The third kappa shape index (κ3) is 2.25. The highest BCUT2D eigenvalue weighted by molar-refractivity contribution is 6.46.